The number of benzene rings is 1. The van der Waals surface area contributed by atoms with Crippen molar-refractivity contribution in [1.29, 1.82) is 5.26 Å². The minimum atomic E-state index is -0.342. The summed E-state index contributed by atoms with van der Waals surface area (Å²) in [4.78, 5) is 12.5. The van der Waals surface area contributed by atoms with Crippen LogP contribution >= 0.6 is 0 Å². The number of amides is 1. The standard InChI is InChI=1S/C11H13N3O/c1-14(8-11(13)15)7-10-4-2-9(6-12)3-5-10/h2-5H,7-8H2,1H3,(H2,13,15). The van der Waals surface area contributed by atoms with E-state index < -0.39 is 0 Å². The molecule has 0 fully saturated rings. The molecular weight excluding hydrogens is 190 g/mol. The second-order valence-electron chi connectivity index (χ2n) is 3.45. The van der Waals surface area contributed by atoms with Crippen LogP contribution in [0.1, 0.15) is 11.1 Å². The zero-order chi connectivity index (χ0) is 11.3. The maximum Gasteiger partial charge on any atom is 0.231 e. The molecule has 1 aromatic rings. The number of hydrogen-bond acceptors (Lipinski definition) is 3. The van der Waals surface area contributed by atoms with Crippen LogP contribution in [0.4, 0.5) is 0 Å². The van der Waals surface area contributed by atoms with E-state index >= 15 is 0 Å². The Hall–Kier alpha value is -1.86. The normalized spacial score (nSPS) is 9.93. The van der Waals surface area contributed by atoms with E-state index in [1.165, 1.54) is 0 Å². The summed E-state index contributed by atoms with van der Waals surface area (Å²) < 4.78 is 0. The van der Waals surface area contributed by atoms with Crippen LogP contribution in [0, 0.1) is 11.3 Å². The van der Waals surface area contributed by atoms with Gasteiger partial charge in [0.1, 0.15) is 0 Å². The van der Waals surface area contributed by atoms with Crippen LogP contribution in [0.2, 0.25) is 0 Å². The first-order valence-corrected chi connectivity index (χ1v) is 4.57. The number of nitrogens with zero attached hydrogens (tertiary/aromatic N) is 2. The van der Waals surface area contributed by atoms with E-state index in [1.54, 1.807) is 12.1 Å². The fraction of sp³-hybridized carbons (Fsp3) is 0.273. The van der Waals surface area contributed by atoms with Gasteiger partial charge < -0.3 is 5.73 Å². The Morgan fingerprint density at radius 3 is 2.53 bits per heavy atom. The van der Waals surface area contributed by atoms with Crippen LogP contribution in [0.25, 0.3) is 0 Å². The summed E-state index contributed by atoms with van der Waals surface area (Å²) in [5.41, 5.74) is 6.76. The molecule has 0 bridgehead atoms. The number of rotatable bonds is 4. The summed E-state index contributed by atoms with van der Waals surface area (Å²) in [7, 11) is 1.82. The molecule has 1 amide bonds. The van der Waals surface area contributed by atoms with Crippen LogP contribution in [0.3, 0.4) is 0 Å². The molecule has 0 aliphatic heterocycles. The van der Waals surface area contributed by atoms with Gasteiger partial charge in [-0.25, -0.2) is 0 Å². The summed E-state index contributed by atoms with van der Waals surface area (Å²) in [6, 6.07) is 9.31. The van der Waals surface area contributed by atoms with Gasteiger partial charge in [-0.3, -0.25) is 9.69 Å². The lowest BCUT2D eigenvalue weighted by atomic mass is 10.1. The first kappa shape index (κ1) is 11.2. The van der Waals surface area contributed by atoms with Gasteiger partial charge in [-0.15, -0.1) is 0 Å². The molecule has 4 nitrogen and oxygen atoms in total. The molecule has 0 spiro atoms. The van der Waals surface area contributed by atoms with Crippen LogP contribution < -0.4 is 5.73 Å². The highest BCUT2D eigenvalue weighted by atomic mass is 16.1. The van der Waals surface area contributed by atoms with Crippen molar-refractivity contribution in [3.63, 3.8) is 0 Å². The minimum absolute atomic E-state index is 0.236. The fourth-order valence-electron chi connectivity index (χ4n) is 1.32. The summed E-state index contributed by atoms with van der Waals surface area (Å²) in [6.07, 6.45) is 0. The van der Waals surface area contributed by atoms with Crippen molar-refractivity contribution < 1.29 is 4.79 Å². The maximum absolute atomic E-state index is 10.6. The van der Waals surface area contributed by atoms with Crippen LogP contribution in [-0.4, -0.2) is 24.4 Å². The molecule has 1 rings (SSSR count). The van der Waals surface area contributed by atoms with E-state index in [0.29, 0.717) is 12.1 Å². The first-order valence-electron chi connectivity index (χ1n) is 4.57. The molecule has 0 aromatic heterocycles. The molecule has 78 valence electrons. The van der Waals surface area contributed by atoms with Crippen molar-refractivity contribution in [2.24, 2.45) is 5.73 Å². The molecule has 2 N–H and O–H groups in total. The van der Waals surface area contributed by atoms with Crippen molar-refractivity contribution in [1.82, 2.24) is 4.90 Å². The molecule has 0 atom stereocenters. The summed E-state index contributed by atoms with van der Waals surface area (Å²) in [6.45, 7) is 0.884. The topological polar surface area (TPSA) is 70.1 Å². The van der Waals surface area contributed by atoms with Gasteiger partial charge in [-0.1, -0.05) is 12.1 Å². The van der Waals surface area contributed by atoms with Gasteiger partial charge in [0, 0.05) is 6.54 Å². The molecular formula is C11H13N3O. The largest absolute Gasteiger partial charge is 0.369 e. The number of hydrogen-bond donors (Lipinski definition) is 1. The summed E-state index contributed by atoms with van der Waals surface area (Å²) in [5.74, 6) is -0.342. The Morgan fingerprint density at radius 1 is 1.47 bits per heavy atom. The lowest BCUT2D eigenvalue weighted by Crippen LogP contribution is -2.30. The predicted octanol–water partition coefficient (Wildman–Crippen LogP) is 0.475. The van der Waals surface area contributed by atoms with Crippen LogP contribution in [-0.2, 0) is 11.3 Å². The van der Waals surface area contributed by atoms with Crippen molar-refractivity contribution in [2.45, 2.75) is 6.54 Å². The average molecular weight is 203 g/mol. The van der Waals surface area contributed by atoms with Gasteiger partial charge in [0.15, 0.2) is 0 Å². The van der Waals surface area contributed by atoms with E-state index in [-0.39, 0.29) is 12.5 Å². The predicted molar refractivity (Wildman–Crippen MR) is 56.7 cm³/mol. The lowest BCUT2D eigenvalue weighted by molar-refractivity contribution is -0.118. The van der Waals surface area contributed by atoms with Gasteiger partial charge in [0.25, 0.3) is 0 Å². The van der Waals surface area contributed by atoms with Gasteiger partial charge in [0.05, 0.1) is 18.2 Å². The Morgan fingerprint density at radius 2 is 2.07 bits per heavy atom. The van der Waals surface area contributed by atoms with Crippen LogP contribution in [0.5, 0.6) is 0 Å². The second kappa shape index (κ2) is 5.13. The second-order valence-corrected chi connectivity index (χ2v) is 3.45. The average Bonchev–Trinajstić information content (AvgIpc) is 2.17. The number of nitrogens with two attached hydrogens (primary N) is 1. The molecule has 0 saturated heterocycles. The molecule has 0 aliphatic carbocycles. The minimum Gasteiger partial charge on any atom is -0.369 e. The molecule has 0 saturated carbocycles. The highest BCUT2D eigenvalue weighted by Crippen LogP contribution is 2.05. The Bertz CT molecular complexity index is 378. The molecule has 1 aromatic carbocycles. The van der Waals surface area contributed by atoms with Gasteiger partial charge in [0.2, 0.25) is 5.91 Å². The van der Waals surface area contributed by atoms with E-state index in [0.717, 1.165) is 5.56 Å². The Kier molecular flexibility index (Phi) is 3.83. The number of carbonyl (C=O) groups excluding carboxylic acids is 1. The van der Waals surface area contributed by atoms with Crippen LogP contribution in [0.15, 0.2) is 24.3 Å². The highest BCUT2D eigenvalue weighted by molar-refractivity contribution is 5.75. The van der Waals surface area contributed by atoms with Crippen molar-refractivity contribution in [3.8, 4) is 6.07 Å². The third-order valence-electron chi connectivity index (χ3n) is 1.96. The van der Waals surface area contributed by atoms with Crippen molar-refractivity contribution in [3.05, 3.63) is 35.4 Å². The fourth-order valence-corrected chi connectivity index (χ4v) is 1.32. The van der Waals surface area contributed by atoms with Crippen molar-refractivity contribution >= 4 is 5.91 Å². The molecule has 15 heavy (non-hydrogen) atoms. The van der Waals surface area contributed by atoms with E-state index in [2.05, 4.69) is 6.07 Å². The number of nitriles is 1. The molecule has 4 heteroatoms. The van der Waals surface area contributed by atoms with Gasteiger partial charge in [-0.2, -0.15) is 5.26 Å². The number of likely N-dealkylation sites (N-methyl/N-ethyl adjacent to an activating group) is 1. The van der Waals surface area contributed by atoms with E-state index in [9.17, 15) is 4.79 Å². The number of primary amides is 1. The Labute approximate surface area is 88.9 Å². The zero-order valence-corrected chi connectivity index (χ0v) is 8.60. The molecule has 0 radical (unpaired) electrons. The van der Waals surface area contributed by atoms with Gasteiger partial charge >= 0.3 is 0 Å². The smallest absolute Gasteiger partial charge is 0.231 e. The monoisotopic (exact) mass is 203 g/mol. The van der Waals surface area contributed by atoms with Crippen molar-refractivity contribution in [2.75, 3.05) is 13.6 Å². The van der Waals surface area contributed by atoms with E-state index in [1.807, 2.05) is 24.1 Å². The lowest BCUT2D eigenvalue weighted by Gasteiger charge is -2.14. The van der Waals surface area contributed by atoms with Gasteiger partial charge in [-0.05, 0) is 24.7 Å². The Balaban J connectivity index is 2.58. The molecule has 0 heterocycles. The first-order chi connectivity index (χ1) is 7.11. The zero-order valence-electron chi connectivity index (χ0n) is 8.60. The SMILES string of the molecule is CN(CC(N)=O)Cc1ccc(C#N)cc1. The maximum atomic E-state index is 10.6. The highest BCUT2D eigenvalue weighted by Gasteiger charge is 2.03. The molecule has 0 unspecified atom stereocenters. The summed E-state index contributed by atoms with van der Waals surface area (Å²) >= 11 is 0. The quantitative estimate of drug-likeness (QED) is 0.773. The third kappa shape index (κ3) is 3.79. The van der Waals surface area contributed by atoms with E-state index in [4.69, 9.17) is 11.0 Å². The number of carbonyl (C=O) groups is 1. The summed E-state index contributed by atoms with van der Waals surface area (Å²) in [5, 5.41) is 8.61. The molecule has 0 aliphatic rings. The third-order valence-corrected chi connectivity index (χ3v) is 1.96.